The Balaban J connectivity index is 1.84. The third kappa shape index (κ3) is 3.36. The summed E-state index contributed by atoms with van der Waals surface area (Å²) in [5, 5.41) is 4.94. The fourth-order valence-electron chi connectivity index (χ4n) is 3.21. The molecule has 1 aliphatic rings. The molecule has 142 valence electrons. The molecule has 7 heteroatoms. The van der Waals surface area contributed by atoms with Gasteiger partial charge in [0.2, 0.25) is 11.6 Å². The van der Waals surface area contributed by atoms with Gasteiger partial charge in [0.05, 0.1) is 17.9 Å². The van der Waals surface area contributed by atoms with Gasteiger partial charge < -0.3 is 0 Å². The number of carbonyl (C=O) groups excluding carboxylic acids is 1. The largest absolute Gasteiger partial charge is 0.291 e. The number of aromatic nitrogens is 3. The van der Waals surface area contributed by atoms with Crippen LogP contribution in [-0.2, 0) is 6.54 Å². The smallest absolute Gasteiger partial charge is 0.218 e. The van der Waals surface area contributed by atoms with E-state index in [1.54, 1.807) is 41.1 Å². The first-order chi connectivity index (χ1) is 13.6. The van der Waals surface area contributed by atoms with Gasteiger partial charge in [0.15, 0.2) is 5.82 Å². The van der Waals surface area contributed by atoms with Crippen LogP contribution in [0, 0.1) is 5.82 Å². The number of unbranched alkanes of at least 4 members (excludes halogenated alkanes) is 1. The summed E-state index contributed by atoms with van der Waals surface area (Å²) in [6.45, 7) is 2.21. The molecule has 28 heavy (non-hydrogen) atoms. The molecule has 4 rings (SSSR count). The van der Waals surface area contributed by atoms with Crippen molar-refractivity contribution in [1.29, 1.82) is 0 Å². The molecule has 2 heterocycles. The fourth-order valence-corrected chi connectivity index (χ4v) is 3.38. The van der Waals surface area contributed by atoms with Gasteiger partial charge in [-0.05, 0) is 36.8 Å². The number of aliphatic imine (C=N–C) groups is 1. The Kier molecular flexibility index (Phi) is 5.05. The van der Waals surface area contributed by atoms with Crippen LogP contribution in [0.15, 0.2) is 47.5 Å². The zero-order valence-electron chi connectivity index (χ0n) is 15.3. The molecule has 3 aromatic rings. The number of benzene rings is 2. The lowest BCUT2D eigenvalue weighted by molar-refractivity contribution is 0.0969. The Morgan fingerprint density at radius 2 is 2.04 bits per heavy atom. The number of Topliss-reactive ketones (excluding diaryl/α,β-unsaturated/α-hetero) is 1. The summed E-state index contributed by atoms with van der Waals surface area (Å²) in [6.07, 6.45) is 2.14. The molecule has 0 aliphatic carbocycles. The summed E-state index contributed by atoms with van der Waals surface area (Å²) in [7, 11) is 0. The molecule has 2 aromatic carbocycles. The first-order valence-corrected chi connectivity index (χ1v) is 9.55. The van der Waals surface area contributed by atoms with Gasteiger partial charge in [0.25, 0.3) is 0 Å². The van der Waals surface area contributed by atoms with Crippen molar-refractivity contribution in [2.45, 2.75) is 32.7 Å². The Morgan fingerprint density at radius 1 is 1.21 bits per heavy atom. The zero-order valence-corrected chi connectivity index (χ0v) is 16.1. The van der Waals surface area contributed by atoms with Crippen LogP contribution in [0.2, 0.25) is 5.02 Å². The second-order valence-corrected chi connectivity index (χ2v) is 7.03. The maximum Gasteiger partial charge on any atom is 0.218 e. The molecular formula is C21H18ClFN4O. The number of fused-ring (bicyclic) bond motifs is 3. The highest BCUT2D eigenvalue weighted by Gasteiger charge is 2.24. The van der Waals surface area contributed by atoms with Crippen LogP contribution < -0.4 is 0 Å². The van der Waals surface area contributed by atoms with Crippen molar-refractivity contribution in [3.8, 4) is 5.69 Å². The second-order valence-electron chi connectivity index (χ2n) is 6.60. The molecule has 0 amide bonds. The van der Waals surface area contributed by atoms with E-state index in [9.17, 15) is 9.18 Å². The summed E-state index contributed by atoms with van der Waals surface area (Å²) in [5.74, 6) is 0.273. The van der Waals surface area contributed by atoms with Crippen LogP contribution in [-0.4, -0.2) is 26.3 Å². The maximum atomic E-state index is 14.4. The Labute approximate surface area is 166 Å². The minimum absolute atomic E-state index is 0.0868. The Hall–Kier alpha value is -2.86. The summed E-state index contributed by atoms with van der Waals surface area (Å²) in [4.78, 5) is 21.4. The molecular weight excluding hydrogens is 379 g/mol. The third-order valence-corrected chi connectivity index (χ3v) is 4.87. The lowest BCUT2D eigenvalue weighted by atomic mass is 10.00. The van der Waals surface area contributed by atoms with E-state index in [0.717, 1.165) is 12.8 Å². The van der Waals surface area contributed by atoms with Crippen LogP contribution in [0.4, 0.5) is 4.39 Å². The molecule has 0 spiro atoms. The maximum absolute atomic E-state index is 14.4. The van der Waals surface area contributed by atoms with E-state index >= 15 is 0 Å². The molecule has 0 saturated heterocycles. The van der Waals surface area contributed by atoms with Gasteiger partial charge in [0.1, 0.15) is 5.82 Å². The van der Waals surface area contributed by atoms with Gasteiger partial charge in [-0.1, -0.05) is 37.1 Å². The van der Waals surface area contributed by atoms with E-state index in [1.807, 2.05) is 6.92 Å². The number of ketones is 1. The first kappa shape index (κ1) is 18.5. The molecule has 1 aromatic heterocycles. The van der Waals surface area contributed by atoms with E-state index < -0.39 is 0 Å². The third-order valence-electron chi connectivity index (χ3n) is 4.63. The Morgan fingerprint density at radius 3 is 2.82 bits per heavy atom. The lowest BCUT2D eigenvalue weighted by Crippen LogP contribution is -2.10. The van der Waals surface area contributed by atoms with Crippen molar-refractivity contribution in [2.75, 3.05) is 0 Å². The van der Waals surface area contributed by atoms with Crippen molar-refractivity contribution < 1.29 is 9.18 Å². The summed E-state index contributed by atoms with van der Waals surface area (Å²) < 4.78 is 16.1. The average molecular weight is 397 g/mol. The van der Waals surface area contributed by atoms with Crippen molar-refractivity contribution in [1.82, 2.24) is 14.8 Å². The SMILES string of the molecule is CCCCC(=O)c1nc2n(n1)-c1ccc(Cl)cc1C(c1ccccc1F)=NC2. The van der Waals surface area contributed by atoms with Gasteiger partial charge in [-0.15, -0.1) is 5.10 Å². The van der Waals surface area contributed by atoms with Crippen LogP contribution in [0.3, 0.4) is 0 Å². The van der Waals surface area contributed by atoms with Crippen LogP contribution >= 0.6 is 11.6 Å². The number of halogens is 2. The molecule has 1 aliphatic heterocycles. The monoisotopic (exact) mass is 396 g/mol. The van der Waals surface area contributed by atoms with Crippen molar-refractivity contribution in [3.63, 3.8) is 0 Å². The number of rotatable bonds is 5. The molecule has 0 N–H and O–H groups in total. The summed E-state index contributed by atoms with van der Waals surface area (Å²) in [6, 6.07) is 11.7. The number of nitrogens with zero attached hydrogens (tertiary/aromatic N) is 4. The molecule has 0 bridgehead atoms. The highest BCUT2D eigenvalue weighted by Crippen LogP contribution is 2.28. The normalized spacial score (nSPS) is 12.8. The van der Waals surface area contributed by atoms with Crippen LogP contribution in [0.5, 0.6) is 0 Å². The van der Waals surface area contributed by atoms with Crippen LogP contribution in [0.1, 0.15) is 53.8 Å². The predicted octanol–water partition coefficient (Wildman–Crippen LogP) is 4.78. The second kappa shape index (κ2) is 7.64. The van der Waals surface area contributed by atoms with Crippen LogP contribution in [0.25, 0.3) is 5.69 Å². The molecule has 0 fully saturated rings. The topological polar surface area (TPSA) is 60.1 Å². The van der Waals surface area contributed by atoms with Gasteiger partial charge in [-0.25, -0.2) is 14.1 Å². The highest BCUT2D eigenvalue weighted by molar-refractivity contribution is 6.31. The molecule has 5 nitrogen and oxygen atoms in total. The number of hydrogen-bond acceptors (Lipinski definition) is 4. The average Bonchev–Trinajstić information content (AvgIpc) is 3.06. The van der Waals surface area contributed by atoms with E-state index in [1.165, 1.54) is 6.07 Å². The molecule has 0 radical (unpaired) electrons. The molecule has 0 atom stereocenters. The minimum Gasteiger partial charge on any atom is -0.291 e. The number of carbonyl (C=O) groups is 1. The minimum atomic E-state index is -0.366. The summed E-state index contributed by atoms with van der Waals surface area (Å²) >= 11 is 6.21. The quantitative estimate of drug-likeness (QED) is 0.583. The predicted molar refractivity (Wildman–Crippen MR) is 106 cm³/mol. The molecule has 0 saturated carbocycles. The van der Waals surface area contributed by atoms with E-state index in [4.69, 9.17) is 11.6 Å². The van der Waals surface area contributed by atoms with Gasteiger partial charge >= 0.3 is 0 Å². The lowest BCUT2D eigenvalue weighted by Gasteiger charge is -2.11. The first-order valence-electron chi connectivity index (χ1n) is 9.17. The van der Waals surface area contributed by atoms with E-state index in [0.29, 0.717) is 39.8 Å². The number of hydrogen-bond donors (Lipinski definition) is 0. The standard InChI is InChI=1S/C21H18ClFN4O/c1-2-3-8-18(28)21-25-19-12-24-20(14-6-4-5-7-16(14)23)15-11-13(22)9-10-17(15)27(19)26-21/h4-7,9-11H,2-3,8,12H2,1H3. The summed E-state index contributed by atoms with van der Waals surface area (Å²) in [5.41, 5.74) is 2.19. The van der Waals surface area contributed by atoms with Gasteiger partial charge in [-0.2, -0.15) is 0 Å². The highest BCUT2D eigenvalue weighted by atomic mass is 35.5. The van der Waals surface area contributed by atoms with Gasteiger partial charge in [-0.3, -0.25) is 9.79 Å². The fraction of sp³-hybridized carbons (Fsp3) is 0.238. The van der Waals surface area contributed by atoms with E-state index in [-0.39, 0.29) is 24.0 Å². The van der Waals surface area contributed by atoms with Gasteiger partial charge in [0, 0.05) is 22.6 Å². The Bertz CT molecular complexity index is 1090. The van der Waals surface area contributed by atoms with Crippen molar-refractivity contribution >= 4 is 23.1 Å². The zero-order chi connectivity index (χ0) is 19.7. The van der Waals surface area contributed by atoms with E-state index in [2.05, 4.69) is 15.1 Å². The van der Waals surface area contributed by atoms with Crippen molar-refractivity contribution in [2.24, 2.45) is 4.99 Å². The van der Waals surface area contributed by atoms with Crippen molar-refractivity contribution in [3.05, 3.63) is 76.1 Å². The molecule has 0 unspecified atom stereocenters.